The number of fused-ring (bicyclic) bond motifs is 1. The topological polar surface area (TPSA) is 70.9 Å². The molecule has 0 saturated heterocycles. The number of aromatic amines is 1. The number of nitrogens with zero attached hydrogens (tertiary/aromatic N) is 1. The summed E-state index contributed by atoms with van der Waals surface area (Å²) < 4.78 is 5.05. The fraction of sp³-hybridized carbons (Fsp3) is 0.0526. The van der Waals surface area contributed by atoms with Crippen molar-refractivity contribution in [3.63, 3.8) is 0 Å². The molecule has 0 saturated carbocycles. The van der Waals surface area contributed by atoms with Gasteiger partial charge in [-0.1, -0.05) is 24.3 Å². The minimum Gasteiger partial charge on any atom is -0.472 e. The van der Waals surface area contributed by atoms with Gasteiger partial charge in [-0.05, 0) is 23.8 Å². The summed E-state index contributed by atoms with van der Waals surface area (Å²) in [5, 5.41) is 3.85. The molecule has 118 valence electrons. The Morgan fingerprint density at radius 1 is 1.17 bits per heavy atom. The van der Waals surface area contributed by atoms with Crippen LogP contribution in [0.5, 0.6) is 0 Å². The predicted molar refractivity (Wildman–Crippen MR) is 91.4 cm³/mol. The third-order valence-corrected chi connectivity index (χ3v) is 3.93. The van der Waals surface area contributed by atoms with E-state index in [4.69, 9.17) is 4.42 Å². The van der Waals surface area contributed by atoms with Gasteiger partial charge in [0.15, 0.2) is 0 Å². The summed E-state index contributed by atoms with van der Waals surface area (Å²) in [6.07, 6.45) is 6.77. The van der Waals surface area contributed by atoms with E-state index in [2.05, 4.69) is 15.3 Å². The predicted octanol–water partition coefficient (Wildman–Crippen LogP) is 3.75. The molecule has 0 atom stereocenters. The smallest absolute Gasteiger partial charge is 0.253 e. The fourth-order valence-electron chi connectivity index (χ4n) is 2.65. The Morgan fingerprint density at radius 3 is 2.88 bits per heavy atom. The highest BCUT2D eigenvalue weighted by atomic mass is 16.3. The van der Waals surface area contributed by atoms with E-state index in [1.54, 1.807) is 24.9 Å². The maximum Gasteiger partial charge on any atom is 0.253 e. The Hall–Kier alpha value is -3.34. The first kappa shape index (κ1) is 14.3. The van der Waals surface area contributed by atoms with Gasteiger partial charge in [-0.2, -0.15) is 0 Å². The monoisotopic (exact) mass is 317 g/mol. The van der Waals surface area contributed by atoms with Gasteiger partial charge in [0.25, 0.3) is 5.91 Å². The minimum absolute atomic E-state index is 0.105. The molecule has 5 heteroatoms. The zero-order chi connectivity index (χ0) is 16.4. The molecule has 0 aliphatic heterocycles. The van der Waals surface area contributed by atoms with Crippen molar-refractivity contribution in [2.24, 2.45) is 0 Å². The molecule has 0 spiro atoms. The van der Waals surface area contributed by atoms with Crippen LogP contribution in [0, 0.1) is 0 Å². The molecule has 0 bridgehead atoms. The van der Waals surface area contributed by atoms with Crippen molar-refractivity contribution in [1.29, 1.82) is 0 Å². The lowest BCUT2D eigenvalue weighted by atomic mass is 10.1. The zero-order valence-corrected chi connectivity index (χ0v) is 12.8. The molecule has 3 heterocycles. The van der Waals surface area contributed by atoms with Crippen LogP contribution >= 0.6 is 0 Å². The number of nitrogens with one attached hydrogen (secondary N) is 2. The minimum atomic E-state index is -0.105. The third kappa shape index (κ3) is 2.67. The Kier molecular flexibility index (Phi) is 3.59. The van der Waals surface area contributed by atoms with Crippen LogP contribution in [0.15, 0.2) is 71.8 Å². The highest BCUT2D eigenvalue weighted by Crippen LogP contribution is 2.18. The standard InChI is InChI=1S/C19H15N3O2/c23-19(16-11-21-18-4-2-1-3-15(16)18)22-10-13-5-6-17(20-9-13)14-7-8-24-12-14/h1-9,11-12,21H,10H2,(H,22,23). The van der Waals surface area contributed by atoms with Crippen molar-refractivity contribution in [2.75, 3.05) is 0 Å². The van der Waals surface area contributed by atoms with Gasteiger partial charge < -0.3 is 14.7 Å². The van der Waals surface area contributed by atoms with Crippen LogP contribution in [0.4, 0.5) is 0 Å². The lowest BCUT2D eigenvalue weighted by Crippen LogP contribution is -2.22. The van der Waals surface area contributed by atoms with Gasteiger partial charge in [0.1, 0.15) is 0 Å². The second-order valence-electron chi connectivity index (χ2n) is 5.49. The van der Waals surface area contributed by atoms with Crippen LogP contribution in [0.1, 0.15) is 15.9 Å². The number of H-pyrrole nitrogens is 1. The summed E-state index contributed by atoms with van der Waals surface area (Å²) in [5.41, 5.74) is 4.32. The van der Waals surface area contributed by atoms with E-state index < -0.39 is 0 Å². The third-order valence-electron chi connectivity index (χ3n) is 3.93. The second-order valence-corrected chi connectivity index (χ2v) is 5.49. The van der Waals surface area contributed by atoms with Gasteiger partial charge in [-0.15, -0.1) is 0 Å². The molecule has 1 aromatic carbocycles. The lowest BCUT2D eigenvalue weighted by Gasteiger charge is -2.05. The van der Waals surface area contributed by atoms with E-state index >= 15 is 0 Å². The Bertz CT molecular complexity index is 969. The summed E-state index contributed by atoms with van der Waals surface area (Å²) in [5.74, 6) is -0.105. The number of aromatic nitrogens is 2. The molecule has 0 aliphatic carbocycles. The van der Waals surface area contributed by atoms with Crippen LogP contribution in [0.2, 0.25) is 0 Å². The highest BCUT2D eigenvalue weighted by Gasteiger charge is 2.11. The van der Waals surface area contributed by atoms with Gasteiger partial charge in [-0.3, -0.25) is 9.78 Å². The summed E-state index contributed by atoms with van der Waals surface area (Å²) >= 11 is 0. The molecular weight excluding hydrogens is 302 g/mol. The van der Waals surface area contributed by atoms with E-state index in [0.717, 1.165) is 27.7 Å². The number of rotatable bonds is 4. The number of furan rings is 1. The summed E-state index contributed by atoms with van der Waals surface area (Å²) in [6.45, 7) is 0.428. The van der Waals surface area contributed by atoms with Crippen molar-refractivity contribution in [3.05, 3.63) is 78.5 Å². The molecule has 4 rings (SSSR count). The largest absolute Gasteiger partial charge is 0.472 e. The number of carbonyl (C=O) groups excluding carboxylic acids is 1. The quantitative estimate of drug-likeness (QED) is 0.602. The van der Waals surface area contributed by atoms with E-state index in [0.29, 0.717) is 12.1 Å². The van der Waals surface area contributed by atoms with Gasteiger partial charge in [0.2, 0.25) is 0 Å². The number of pyridine rings is 1. The van der Waals surface area contributed by atoms with Crippen molar-refractivity contribution >= 4 is 16.8 Å². The molecular formula is C19H15N3O2. The summed E-state index contributed by atoms with van der Waals surface area (Å²) in [7, 11) is 0. The maximum absolute atomic E-state index is 12.4. The van der Waals surface area contributed by atoms with Crippen LogP contribution in [0.25, 0.3) is 22.2 Å². The first-order chi connectivity index (χ1) is 11.8. The van der Waals surface area contributed by atoms with Gasteiger partial charge in [-0.25, -0.2) is 0 Å². The number of benzene rings is 1. The van der Waals surface area contributed by atoms with E-state index in [1.807, 2.05) is 42.5 Å². The fourth-order valence-corrected chi connectivity index (χ4v) is 2.65. The summed E-state index contributed by atoms with van der Waals surface area (Å²) in [6, 6.07) is 13.5. The van der Waals surface area contributed by atoms with Gasteiger partial charge in [0.05, 0.1) is 23.8 Å². The van der Waals surface area contributed by atoms with E-state index in [-0.39, 0.29) is 5.91 Å². The van der Waals surface area contributed by atoms with Gasteiger partial charge >= 0.3 is 0 Å². The van der Waals surface area contributed by atoms with Crippen molar-refractivity contribution in [2.45, 2.75) is 6.54 Å². The van der Waals surface area contributed by atoms with Crippen molar-refractivity contribution < 1.29 is 9.21 Å². The first-order valence-corrected chi connectivity index (χ1v) is 7.63. The Balaban J connectivity index is 1.45. The summed E-state index contributed by atoms with van der Waals surface area (Å²) in [4.78, 5) is 19.9. The lowest BCUT2D eigenvalue weighted by molar-refractivity contribution is 0.0952. The van der Waals surface area contributed by atoms with Crippen LogP contribution in [-0.2, 0) is 6.54 Å². The van der Waals surface area contributed by atoms with Crippen LogP contribution in [0.3, 0.4) is 0 Å². The molecule has 0 radical (unpaired) electrons. The number of hydrogen-bond acceptors (Lipinski definition) is 3. The number of hydrogen-bond donors (Lipinski definition) is 2. The first-order valence-electron chi connectivity index (χ1n) is 7.63. The average Bonchev–Trinajstić information content (AvgIpc) is 3.30. The number of amides is 1. The molecule has 5 nitrogen and oxygen atoms in total. The van der Waals surface area contributed by atoms with Crippen LogP contribution < -0.4 is 5.32 Å². The normalized spacial score (nSPS) is 10.8. The molecule has 24 heavy (non-hydrogen) atoms. The number of para-hydroxylation sites is 1. The van der Waals surface area contributed by atoms with Crippen LogP contribution in [-0.4, -0.2) is 15.9 Å². The number of carbonyl (C=O) groups is 1. The Morgan fingerprint density at radius 2 is 2.08 bits per heavy atom. The molecule has 0 unspecified atom stereocenters. The molecule has 0 aliphatic rings. The Labute approximate surface area is 138 Å². The second kappa shape index (κ2) is 6.04. The highest BCUT2D eigenvalue weighted by molar-refractivity contribution is 6.06. The molecule has 1 amide bonds. The SMILES string of the molecule is O=C(NCc1ccc(-c2ccoc2)nc1)c1c[nH]c2ccccc12. The van der Waals surface area contributed by atoms with E-state index in [1.165, 1.54) is 0 Å². The van der Waals surface area contributed by atoms with E-state index in [9.17, 15) is 4.79 Å². The maximum atomic E-state index is 12.4. The van der Waals surface area contributed by atoms with Crippen molar-refractivity contribution in [1.82, 2.24) is 15.3 Å². The average molecular weight is 317 g/mol. The molecule has 3 aromatic heterocycles. The molecule has 4 aromatic rings. The van der Waals surface area contributed by atoms with Crippen molar-refractivity contribution in [3.8, 4) is 11.3 Å². The molecule has 0 fully saturated rings. The van der Waals surface area contributed by atoms with Gasteiger partial charge in [0, 0.05) is 35.4 Å². The zero-order valence-electron chi connectivity index (χ0n) is 12.8. The molecule has 2 N–H and O–H groups in total.